The number of hydrogen-bond donors (Lipinski definition) is 0. The number of nitrogens with zero attached hydrogens (tertiary/aromatic N) is 2. The average Bonchev–Trinajstić information content (AvgIpc) is 2.80. The van der Waals surface area contributed by atoms with Gasteiger partial charge in [-0.05, 0) is 37.2 Å². The lowest BCUT2D eigenvalue weighted by molar-refractivity contribution is 0.334. The molecule has 2 aromatic rings. The van der Waals surface area contributed by atoms with Gasteiger partial charge in [-0.3, -0.25) is 0 Å². The van der Waals surface area contributed by atoms with E-state index < -0.39 is 10.0 Å². The van der Waals surface area contributed by atoms with Crippen molar-refractivity contribution in [2.75, 3.05) is 26.7 Å². The monoisotopic (exact) mass is 382 g/mol. The summed E-state index contributed by atoms with van der Waals surface area (Å²) in [5, 5.41) is 2.99. The molecule has 2 heterocycles. The fourth-order valence-corrected chi connectivity index (χ4v) is 4.76. The molecule has 7 heteroatoms. The molecule has 1 aliphatic rings. The molecule has 0 radical (unpaired) electrons. The van der Waals surface area contributed by atoms with Crippen molar-refractivity contribution in [2.45, 2.75) is 26.8 Å². The Morgan fingerprint density at radius 3 is 2.68 bits per heavy atom. The zero-order valence-electron chi connectivity index (χ0n) is 14.8. The molecule has 0 saturated carbocycles. The van der Waals surface area contributed by atoms with Crippen molar-refractivity contribution >= 4 is 38.7 Å². The van der Waals surface area contributed by atoms with Gasteiger partial charge in [0.15, 0.2) is 0 Å². The van der Waals surface area contributed by atoms with Gasteiger partial charge < -0.3 is 9.32 Å². The zero-order valence-corrected chi connectivity index (χ0v) is 16.3. The third-order valence-electron chi connectivity index (χ3n) is 4.66. The Kier molecular flexibility index (Phi) is 5.25. The molecule has 0 unspecified atom stereocenters. The molecule has 5 nitrogen and oxygen atoms in total. The first-order chi connectivity index (χ1) is 11.9. The quantitative estimate of drug-likeness (QED) is 0.790. The van der Waals surface area contributed by atoms with Crippen LogP contribution in [0.4, 0.5) is 0 Å². The van der Waals surface area contributed by atoms with E-state index in [0.29, 0.717) is 25.4 Å². The molecule has 0 bridgehead atoms. The van der Waals surface area contributed by atoms with E-state index in [-0.39, 0.29) is 0 Å². The lowest BCUT2D eigenvalue weighted by Gasteiger charge is -2.15. The Balaban J connectivity index is 2.10. The van der Waals surface area contributed by atoms with E-state index in [4.69, 9.17) is 16.0 Å². The molecule has 3 rings (SSSR count). The minimum Gasteiger partial charge on any atom is -0.456 e. The number of benzene rings is 1. The number of halogens is 1. The molecule has 0 amide bonds. The largest absolute Gasteiger partial charge is 0.456 e. The summed E-state index contributed by atoms with van der Waals surface area (Å²) in [6, 6.07) is 3.70. The topological polar surface area (TPSA) is 53.8 Å². The molecule has 0 saturated heterocycles. The lowest BCUT2D eigenvalue weighted by atomic mass is 10.0. The summed E-state index contributed by atoms with van der Waals surface area (Å²) < 4.78 is 32.2. The smallest absolute Gasteiger partial charge is 0.236 e. The van der Waals surface area contributed by atoms with E-state index >= 15 is 0 Å². The second kappa shape index (κ2) is 7.11. The van der Waals surface area contributed by atoms with Crippen LogP contribution >= 0.6 is 11.6 Å². The van der Waals surface area contributed by atoms with Crippen LogP contribution in [0.25, 0.3) is 17.0 Å². The van der Waals surface area contributed by atoms with Crippen LogP contribution in [-0.4, -0.2) is 44.3 Å². The normalized spacial score (nSPS) is 16.2. The Morgan fingerprint density at radius 2 is 2.00 bits per heavy atom. The predicted molar refractivity (Wildman–Crippen MR) is 102 cm³/mol. The van der Waals surface area contributed by atoms with Crippen LogP contribution in [0.3, 0.4) is 0 Å². The van der Waals surface area contributed by atoms with Gasteiger partial charge in [0.1, 0.15) is 11.3 Å². The Labute approximate surface area is 153 Å². The molecule has 1 aromatic carbocycles. The van der Waals surface area contributed by atoms with Gasteiger partial charge in [0, 0.05) is 47.6 Å². The summed E-state index contributed by atoms with van der Waals surface area (Å²) in [6.07, 6.45) is 2.42. The molecule has 25 heavy (non-hydrogen) atoms. The molecular formula is C18H23ClN2O3S. The molecule has 1 aromatic heterocycles. The summed E-state index contributed by atoms with van der Waals surface area (Å²) in [7, 11) is -1.41. The maximum Gasteiger partial charge on any atom is 0.236 e. The number of likely N-dealkylation sites (N-methyl/N-ethyl adjacent to an activating group) is 1. The molecule has 0 fully saturated rings. The van der Waals surface area contributed by atoms with Gasteiger partial charge >= 0.3 is 0 Å². The molecule has 0 atom stereocenters. The standard InChI is InChI=1S/C18H23ClN2O3S/c1-4-21(5-2)25(22,23)11-9-16-14-12-20(3)10-8-13-15(19)6-7-17(24-16)18(13)14/h6-7,9,11H,4-5,8,10,12H2,1-3H3. The highest BCUT2D eigenvalue weighted by Gasteiger charge is 2.23. The van der Waals surface area contributed by atoms with Crippen LogP contribution in [0, 0.1) is 0 Å². The van der Waals surface area contributed by atoms with Crippen molar-refractivity contribution in [3.05, 3.63) is 39.5 Å². The molecule has 1 aliphatic heterocycles. The fraction of sp³-hybridized carbons (Fsp3) is 0.444. The minimum absolute atomic E-state index is 0.443. The molecule has 136 valence electrons. The number of furan rings is 1. The Morgan fingerprint density at radius 1 is 1.28 bits per heavy atom. The van der Waals surface area contributed by atoms with Crippen LogP contribution in [0.2, 0.25) is 5.02 Å². The minimum atomic E-state index is -3.45. The highest BCUT2D eigenvalue weighted by atomic mass is 35.5. The molecule has 0 spiro atoms. The summed E-state index contributed by atoms with van der Waals surface area (Å²) in [5.41, 5.74) is 2.83. The summed E-state index contributed by atoms with van der Waals surface area (Å²) in [6.45, 7) is 6.14. The van der Waals surface area contributed by atoms with Crippen molar-refractivity contribution in [3.63, 3.8) is 0 Å². The maximum absolute atomic E-state index is 12.4. The Bertz CT molecular complexity index is 914. The van der Waals surface area contributed by atoms with Gasteiger partial charge in [-0.2, -0.15) is 4.31 Å². The summed E-state index contributed by atoms with van der Waals surface area (Å²) >= 11 is 6.39. The number of rotatable bonds is 5. The van der Waals surface area contributed by atoms with Crippen LogP contribution in [0.1, 0.15) is 30.7 Å². The third kappa shape index (κ3) is 3.49. The van der Waals surface area contributed by atoms with Gasteiger partial charge in [0.05, 0.1) is 0 Å². The molecule has 0 aliphatic carbocycles. The van der Waals surface area contributed by atoms with Crippen LogP contribution in [0.15, 0.2) is 22.0 Å². The first kappa shape index (κ1) is 18.5. The van der Waals surface area contributed by atoms with Crippen molar-refractivity contribution in [3.8, 4) is 0 Å². The van der Waals surface area contributed by atoms with Gasteiger partial charge in [-0.25, -0.2) is 8.42 Å². The van der Waals surface area contributed by atoms with E-state index in [1.54, 1.807) is 6.08 Å². The second-order valence-electron chi connectivity index (χ2n) is 6.26. The number of hydrogen-bond acceptors (Lipinski definition) is 4. The first-order valence-electron chi connectivity index (χ1n) is 8.46. The second-order valence-corrected chi connectivity index (χ2v) is 8.49. The van der Waals surface area contributed by atoms with E-state index in [2.05, 4.69) is 4.90 Å². The highest BCUT2D eigenvalue weighted by molar-refractivity contribution is 7.92. The maximum atomic E-state index is 12.4. The van der Waals surface area contributed by atoms with E-state index in [1.807, 2.05) is 33.0 Å². The molecular weight excluding hydrogens is 360 g/mol. The van der Waals surface area contributed by atoms with Gasteiger partial charge in [0.2, 0.25) is 10.0 Å². The highest BCUT2D eigenvalue weighted by Crippen LogP contribution is 2.36. The zero-order chi connectivity index (χ0) is 18.2. The summed E-state index contributed by atoms with van der Waals surface area (Å²) in [4.78, 5) is 2.19. The third-order valence-corrected chi connectivity index (χ3v) is 6.74. The van der Waals surface area contributed by atoms with E-state index in [1.165, 1.54) is 9.71 Å². The van der Waals surface area contributed by atoms with E-state index in [9.17, 15) is 8.42 Å². The fourth-order valence-electron chi connectivity index (χ4n) is 3.33. The Hall–Kier alpha value is -1.34. The first-order valence-corrected chi connectivity index (χ1v) is 10.3. The average molecular weight is 383 g/mol. The van der Waals surface area contributed by atoms with Crippen LogP contribution in [0.5, 0.6) is 0 Å². The number of sulfonamides is 1. The van der Waals surface area contributed by atoms with Crippen molar-refractivity contribution in [2.24, 2.45) is 0 Å². The van der Waals surface area contributed by atoms with E-state index in [0.717, 1.165) is 40.1 Å². The van der Waals surface area contributed by atoms with Crippen molar-refractivity contribution < 1.29 is 12.8 Å². The SMILES string of the molecule is CCN(CC)S(=O)(=O)C=Cc1oc2ccc(Cl)c3c2c1CN(C)CC3. The van der Waals surface area contributed by atoms with Crippen LogP contribution in [-0.2, 0) is 23.0 Å². The predicted octanol–water partition coefficient (Wildman–Crippen LogP) is 3.72. The lowest BCUT2D eigenvalue weighted by Crippen LogP contribution is -2.28. The summed E-state index contributed by atoms with van der Waals surface area (Å²) in [5.74, 6) is 0.586. The van der Waals surface area contributed by atoms with Crippen LogP contribution < -0.4 is 0 Å². The van der Waals surface area contributed by atoms with Crippen molar-refractivity contribution in [1.29, 1.82) is 0 Å². The van der Waals surface area contributed by atoms with Gasteiger partial charge in [-0.15, -0.1) is 0 Å². The molecule has 0 N–H and O–H groups in total. The van der Waals surface area contributed by atoms with Gasteiger partial charge in [-0.1, -0.05) is 25.4 Å². The van der Waals surface area contributed by atoms with Crippen molar-refractivity contribution in [1.82, 2.24) is 9.21 Å². The van der Waals surface area contributed by atoms with Gasteiger partial charge in [0.25, 0.3) is 0 Å².